The zero-order chi connectivity index (χ0) is 20.6. The summed E-state index contributed by atoms with van der Waals surface area (Å²) in [5, 5.41) is 14.6. The third-order valence-corrected chi connectivity index (χ3v) is 4.10. The third-order valence-electron chi connectivity index (χ3n) is 4.10. The average molecular weight is 389 g/mol. The molecule has 3 aromatic rings. The summed E-state index contributed by atoms with van der Waals surface area (Å²) in [6, 6.07) is 20.8. The fraction of sp³-hybridized carbons (Fsp3) is 0.0909. The molecule has 0 atom stereocenters. The number of hydrogen-bond donors (Lipinski definition) is 1. The van der Waals surface area contributed by atoms with Gasteiger partial charge in [-0.05, 0) is 36.8 Å². The number of rotatable bonds is 7. The van der Waals surface area contributed by atoms with Gasteiger partial charge in [0.1, 0.15) is 12.4 Å². The van der Waals surface area contributed by atoms with E-state index in [0.29, 0.717) is 17.7 Å². The Kier molecular flexibility index (Phi) is 6.32. The van der Waals surface area contributed by atoms with Gasteiger partial charge in [-0.3, -0.25) is 14.9 Å². The van der Waals surface area contributed by atoms with Crippen molar-refractivity contribution in [3.8, 4) is 5.75 Å². The van der Waals surface area contributed by atoms with Crippen LogP contribution in [-0.2, 0) is 6.61 Å². The minimum Gasteiger partial charge on any atom is -0.489 e. The fourth-order valence-electron chi connectivity index (χ4n) is 2.50. The van der Waals surface area contributed by atoms with E-state index in [1.165, 1.54) is 23.9 Å². The number of amides is 1. The fourth-order valence-corrected chi connectivity index (χ4v) is 2.50. The SMILES string of the molecule is Cc1ccc(OCc2ccc(C(=O)NN=Cc3cccc([N+](=O)[O-])c3)cc2)cc1. The van der Waals surface area contributed by atoms with E-state index in [2.05, 4.69) is 10.5 Å². The molecular formula is C22H19N3O4. The van der Waals surface area contributed by atoms with Crippen molar-refractivity contribution in [3.63, 3.8) is 0 Å². The van der Waals surface area contributed by atoms with Gasteiger partial charge in [0.05, 0.1) is 11.1 Å². The van der Waals surface area contributed by atoms with Crippen molar-refractivity contribution in [3.05, 3.63) is 105 Å². The maximum atomic E-state index is 12.2. The molecule has 0 fully saturated rings. The van der Waals surface area contributed by atoms with Crippen LogP contribution in [0.3, 0.4) is 0 Å². The summed E-state index contributed by atoms with van der Waals surface area (Å²) < 4.78 is 5.72. The van der Waals surface area contributed by atoms with Gasteiger partial charge in [-0.15, -0.1) is 0 Å². The van der Waals surface area contributed by atoms with E-state index in [1.807, 2.05) is 43.3 Å². The normalized spacial score (nSPS) is 10.7. The molecular weight excluding hydrogens is 370 g/mol. The molecule has 146 valence electrons. The summed E-state index contributed by atoms with van der Waals surface area (Å²) in [6.45, 7) is 2.41. The van der Waals surface area contributed by atoms with Crippen molar-refractivity contribution in [2.45, 2.75) is 13.5 Å². The van der Waals surface area contributed by atoms with Crippen LogP contribution in [-0.4, -0.2) is 17.0 Å². The van der Waals surface area contributed by atoms with E-state index in [4.69, 9.17) is 4.74 Å². The number of nitro benzene ring substituents is 1. The zero-order valence-corrected chi connectivity index (χ0v) is 15.7. The van der Waals surface area contributed by atoms with E-state index in [-0.39, 0.29) is 11.6 Å². The van der Waals surface area contributed by atoms with Gasteiger partial charge in [-0.2, -0.15) is 5.10 Å². The van der Waals surface area contributed by atoms with Crippen molar-refractivity contribution in [1.29, 1.82) is 0 Å². The molecule has 3 aromatic carbocycles. The van der Waals surface area contributed by atoms with Gasteiger partial charge in [0.25, 0.3) is 11.6 Å². The number of aryl methyl sites for hydroxylation is 1. The minimum atomic E-state index is -0.486. The topological polar surface area (TPSA) is 93.8 Å². The Labute approximate surface area is 167 Å². The van der Waals surface area contributed by atoms with Gasteiger partial charge in [0.2, 0.25) is 0 Å². The predicted octanol–water partition coefficient (Wildman–Crippen LogP) is 4.25. The van der Waals surface area contributed by atoms with E-state index in [1.54, 1.807) is 24.3 Å². The second-order valence-electron chi connectivity index (χ2n) is 6.35. The molecule has 7 heteroatoms. The molecule has 0 aromatic heterocycles. The van der Waals surface area contributed by atoms with Gasteiger partial charge in [0.15, 0.2) is 0 Å². The number of non-ortho nitro benzene ring substituents is 1. The number of nitro groups is 1. The van der Waals surface area contributed by atoms with Crippen molar-refractivity contribution in [2.75, 3.05) is 0 Å². The molecule has 0 aliphatic heterocycles. The molecule has 0 bridgehead atoms. The number of benzene rings is 3. The molecule has 1 amide bonds. The number of hydrazone groups is 1. The number of carbonyl (C=O) groups is 1. The lowest BCUT2D eigenvalue weighted by molar-refractivity contribution is -0.384. The third kappa shape index (κ3) is 5.74. The quantitative estimate of drug-likeness (QED) is 0.371. The van der Waals surface area contributed by atoms with Crippen LogP contribution in [0.4, 0.5) is 5.69 Å². The van der Waals surface area contributed by atoms with Crippen LogP contribution in [0.15, 0.2) is 77.9 Å². The molecule has 0 saturated carbocycles. The maximum absolute atomic E-state index is 12.2. The Hall–Kier alpha value is -4.00. The average Bonchev–Trinajstić information content (AvgIpc) is 2.74. The van der Waals surface area contributed by atoms with Gasteiger partial charge in [0, 0.05) is 23.3 Å². The van der Waals surface area contributed by atoms with Crippen LogP contribution in [0.2, 0.25) is 0 Å². The molecule has 0 aliphatic carbocycles. The molecule has 0 aliphatic rings. The summed E-state index contributed by atoms with van der Waals surface area (Å²) in [5.74, 6) is 0.408. The lowest BCUT2D eigenvalue weighted by Crippen LogP contribution is -2.17. The number of nitrogens with zero attached hydrogens (tertiary/aromatic N) is 2. The van der Waals surface area contributed by atoms with E-state index in [0.717, 1.165) is 11.3 Å². The first-order valence-corrected chi connectivity index (χ1v) is 8.87. The molecule has 3 rings (SSSR count). The summed E-state index contributed by atoms with van der Waals surface area (Å²) in [7, 11) is 0. The molecule has 7 nitrogen and oxygen atoms in total. The first-order chi connectivity index (χ1) is 14.0. The minimum absolute atomic E-state index is 0.0382. The summed E-state index contributed by atoms with van der Waals surface area (Å²) in [5.41, 5.74) is 5.43. The molecule has 0 heterocycles. The van der Waals surface area contributed by atoms with Crippen LogP contribution in [0.25, 0.3) is 0 Å². The lowest BCUT2D eigenvalue weighted by atomic mass is 10.1. The summed E-state index contributed by atoms with van der Waals surface area (Å²) in [6.07, 6.45) is 1.36. The van der Waals surface area contributed by atoms with Gasteiger partial charge >= 0.3 is 0 Å². The Bertz CT molecular complexity index is 1030. The highest BCUT2D eigenvalue weighted by atomic mass is 16.6. The zero-order valence-electron chi connectivity index (χ0n) is 15.7. The van der Waals surface area contributed by atoms with Crippen LogP contribution < -0.4 is 10.2 Å². The van der Waals surface area contributed by atoms with Gasteiger partial charge in [-0.25, -0.2) is 5.43 Å². The standard InChI is InChI=1S/C22H19N3O4/c1-16-5-11-21(12-6-16)29-15-17-7-9-19(10-8-17)22(26)24-23-14-18-3-2-4-20(13-18)25(27)28/h2-14H,15H2,1H3,(H,24,26). The predicted molar refractivity (Wildman–Crippen MR) is 110 cm³/mol. The van der Waals surface area contributed by atoms with Gasteiger partial charge in [-0.1, -0.05) is 42.0 Å². The highest BCUT2D eigenvalue weighted by Crippen LogP contribution is 2.14. The molecule has 0 spiro atoms. The first-order valence-electron chi connectivity index (χ1n) is 8.87. The highest BCUT2D eigenvalue weighted by Gasteiger charge is 2.06. The van der Waals surface area contributed by atoms with Crippen LogP contribution in [0.1, 0.15) is 27.0 Å². The van der Waals surface area contributed by atoms with Crippen LogP contribution in [0, 0.1) is 17.0 Å². The van der Waals surface area contributed by atoms with Crippen LogP contribution in [0.5, 0.6) is 5.75 Å². The maximum Gasteiger partial charge on any atom is 0.271 e. The van der Waals surface area contributed by atoms with Crippen molar-refractivity contribution >= 4 is 17.8 Å². The summed E-state index contributed by atoms with van der Waals surface area (Å²) in [4.78, 5) is 22.5. The monoisotopic (exact) mass is 389 g/mol. The highest BCUT2D eigenvalue weighted by molar-refractivity contribution is 5.94. The van der Waals surface area contributed by atoms with Crippen LogP contribution >= 0.6 is 0 Å². The second kappa shape index (κ2) is 9.27. The molecule has 0 radical (unpaired) electrons. The van der Waals surface area contributed by atoms with Crippen molar-refractivity contribution < 1.29 is 14.5 Å². The van der Waals surface area contributed by atoms with E-state index >= 15 is 0 Å². The Morgan fingerprint density at radius 1 is 1.10 bits per heavy atom. The largest absolute Gasteiger partial charge is 0.489 e. The van der Waals surface area contributed by atoms with Crippen molar-refractivity contribution in [1.82, 2.24) is 5.43 Å². The van der Waals surface area contributed by atoms with Gasteiger partial charge < -0.3 is 4.74 Å². The molecule has 29 heavy (non-hydrogen) atoms. The number of ether oxygens (including phenoxy) is 1. The second-order valence-corrected chi connectivity index (χ2v) is 6.35. The Balaban J connectivity index is 1.54. The number of nitrogens with one attached hydrogen (secondary N) is 1. The number of carbonyl (C=O) groups excluding carboxylic acids is 1. The smallest absolute Gasteiger partial charge is 0.271 e. The lowest BCUT2D eigenvalue weighted by Gasteiger charge is -2.07. The number of hydrogen-bond acceptors (Lipinski definition) is 5. The first kappa shape index (κ1) is 19.8. The molecule has 1 N–H and O–H groups in total. The molecule has 0 saturated heterocycles. The van der Waals surface area contributed by atoms with E-state index < -0.39 is 4.92 Å². The van der Waals surface area contributed by atoms with Crippen molar-refractivity contribution in [2.24, 2.45) is 5.10 Å². The molecule has 0 unspecified atom stereocenters. The van der Waals surface area contributed by atoms with E-state index in [9.17, 15) is 14.9 Å². The Morgan fingerprint density at radius 2 is 1.83 bits per heavy atom. The summed E-state index contributed by atoms with van der Waals surface area (Å²) >= 11 is 0. The Morgan fingerprint density at radius 3 is 2.52 bits per heavy atom.